The van der Waals surface area contributed by atoms with Crippen molar-refractivity contribution in [2.45, 2.75) is 6.04 Å². The van der Waals surface area contributed by atoms with Gasteiger partial charge in [-0.1, -0.05) is 42.5 Å². The Hall–Kier alpha value is -3.94. The summed E-state index contributed by atoms with van der Waals surface area (Å²) in [6.07, 6.45) is -0.762. The number of carbonyl (C=O) groups excluding carboxylic acids is 3. The minimum absolute atomic E-state index is 0.106. The first-order valence-corrected chi connectivity index (χ1v) is 8.89. The van der Waals surface area contributed by atoms with Crippen molar-refractivity contribution in [1.82, 2.24) is 10.2 Å². The first-order chi connectivity index (χ1) is 14.0. The first-order valence-electron chi connectivity index (χ1n) is 8.89. The number of benzene rings is 2. The van der Waals surface area contributed by atoms with Gasteiger partial charge in [0, 0.05) is 6.07 Å². The van der Waals surface area contributed by atoms with Crippen molar-refractivity contribution in [2.75, 3.05) is 13.2 Å². The number of hydrogen-bond acceptors (Lipinski definition) is 6. The molecule has 2 aromatic carbocycles. The number of para-hydroxylation sites is 1. The van der Waals surface area contributed by atoms with Gasteiger partial charge in [-0.25, -0.2) is 9.69 Å². The van der Waals surface area contributed by atoms with Crippen LogP contribution in [-0.4, -0.2) is 36.0 Å². The molecule has 1 N–H and O–H groups in total. The molecule has 1 saturated heterocycles. The summed E-state index contributed by atoms with van der Waals surface area (Å²) in [5, 5.41) is 3.11. The monoisotopic (exact) mass is 392 g/mol. The second-order valence-electron chi connectivity index (χ2n) is 6.47. The Morgan fingerprint density at radius 1 is 1.03 bits per heavy atom. The van der Waals surface area contributed by atoms with E-state index in [1.54, 1.807) is 54.6 Å². The molecule has 4 rings (SSSR count). The molecule has 1 fully saturated rings. The lowest BCUT2D eigenvalue weighted by Gasteiger charge is -2.22. The summed E-state index contributed by atoms with van der Waals surface area (Å²) >= 11 is 0. The summed E-state index contributed by atoms with van der Waals surface area (Å²) in [5.74, 6) is -1.28. The van der Waals surface area contributed by atoms with Gasteiger partial charge in [-0.2, -0.15) is 0 Å². The van der Waals surface area contributed by atoms with Crippen LogP contribution in [-0.2, 0) is 9.53 Å². The summed E-state index contributed by atoms with van der Waals surface area (Å²) in [5.41, 5.74) is 0.628. The quantitative estimate of drug-likeness (QED) is 0.714. The van der Waals surface area contributed by atoms with E-state index in [0.717, 1.165) is 11.0 Å². The molecule has 0 bridgehead atoms. The van der Waals surface area contributed by atoms with Crippen molar-refractivity contribution in [3.05, 3.63) is 82.2 Å². The zero-order valence-corrected chi connectivity index (χ0v) is 15.2. The van der Waals surface area contributed by atoms with E-state index in [1.165, 1.54) is 0 Å². The number of rotatable bonds is 5. The number of cyclic esters (lactones) is 1. The van der Waals surface area contributed by atoms with Gasteiger partial charge in [-0.05, 0) is 17.7 Å². The molecule has 1 aliphatic heterocycles. The van der Waals surface area contributed by atoms with Gasteiger partial charge in [0.25, 0.3) is 11.8 Å². The van der Waals surface area contributed by atoms with E-state index in [9.17, 15) is 19.2 Å². The Kier molecular flexibility index (Phi) is 4.82. The van der Waals surface area contributed by atoms with Crippen LogP contribution in [0.15, 0.2) is 69.9 Å². The van der Waals surface area contributed by atoms with E-state index in [2.05, 4.69) is 5.32 Å². The summed E-state index contributed by atoms with van der Waals surface area (Å²) in [7, 11) is 0. The average Bonchev–Trinajstić information content (AvgIpc) is 3.05. The molecule has 0 spiro atoms. The van der Waals surface area contributed by atoms with Gasteiger partial charge in [0.1, 0.15) is 5.58 Å². The molecule has 8 heteroatoms. The maximum absolute atomic E-state index is 12.8. The molecule has 0 saturated carbocycles. The lowest BCUT2D eigenvalue weighted by Crippen LogP contribution is -2.40. The first kappa shape index (κ1) is 18.4. The van der Waals surface area contributed by atoms with Crippen molar-refractivity contribution in [3.8, 4) is 0 Å². The molecule has 8 nitrogen and oxygen atoms in total. The molecule has 1 atom stereocenters. The Morgan fingerprint density at radius 2 is 1.76 bits per heavy atom. The van der Waals surface area contributed by atoms with Gasteiger partial charge < -0.3 is 14.5 Å². The molecule has 1 aromatic heterocycles. The molecular weight excluding hydrogens is 376 g/mol. The lowest BCUT2D eigenvalue weighted by molar-refractivity contribution is -0.126. The summed E-state index contributed by atoms with van der Waals surface area (Å²) < 4.78 is 10.3. The van der Waals surface area contributed by atoms with Crippen LogP contribution in [0.25, 0.3) is 11.0 Å². The van der Waals surface area contributed by atoms with Gasteiger partial charge in [0.2, 0.25) is 0 Å². The van der Waals surface area contributed by atoms with E-state index in [4.69, 9.17) is 9.15 Å². The van der Waals surface area contributed by atoms with Gasteiger partial charge in [0.15, 0.2) is 17.8 Å². The minimum Gasteiger partial charge on any atom is -0.451 e. The van der Waals surface area contributed by atoms with Crippen LogP contribution in [0.5, 0.6) is 0 Å². The van der Waals surface area contributed by atoms with Gasteiger partial charge >= 0.3 is 6.09 Å². The fourth-order valence-electron chi connectivity index (χ4n) is 3.11. The number of carbonyl (C=O) groups is 3. The number of ether oxygens (including phenoxy) is 1. The van der Waals surface area contributed by atoms with E-state index < -0.39 is 23.9 Å². The SMILES string of the molecule is O=C(N[C@H](CN1C(=O)COC1=O)c1ccccc1)c1cc(=O)c2ccccc2o1. The second kappa shape index (κ2) is 7.59. The normalized spacial score (nSPS) is 14.7. The zero-order chi connectivity index (χ0) is 20.4. The predicted octanol–water partition coefficient (Wildman–Crippen LogP) is 2.24. The maximum Gasteiger partial charge on any atom is 0.417 e. The molecule has 0 unspecified atom stereocenters. The van der Waals surface area contributed by atoms with E-state index in [0.29, 0.717) is 16.5 Å². The van der Waals surface area contributed by atoms with Crippen molar-refractivity contribution >= 4 is 28.9 Å². The molecule has 146 valence electrons. The Bertz CT molecular complexity index is 1140. The Morgan fingerprint density at radius 3 is 2.48 bits per heavy atom. The highest BCUT2D eigenvalue weighted by Crippen LogP contribution is 2.19. The molecule has 3 amide bonds. The zero-order valence-electron chi connectivity index (χ0n) is 15.2. The highest BCUT2D eigenvalue weighted by Gasteiger charge is 2.34. The fraction of sp³-hybridized carbons (Fsp3) is 0.143. The number of nitrogens with zero attached hydrogens (tertiary/aromatic N) is 1. The van der Waals surface area contributed by atoms with E-state index in [1.807, 2.05) is 0 Å². The largest absolute Gasteiger partial charge is 0.451 e. The summed E-state index contributed by atoms with van der Waals surface area (Å²) in [6.45, 7) is -0.431. The van der Waals surface area contributed by atoms with E-state index in [-0.39, 0.29) is 24.3 Å². The van der Waals surface area contributed by atoms with Crippen LogP contribution in [0.3, 0.4) is 0 Å². The summed E-state index contributed by atoms with van der Waals surface area (Å²) in [6, 6.07) is 15.9. The van der Waals surface area contributed by atoms with Crippen molar-refractivity contribution in [1.29, 1.82) is 0 Å². The van der Waals surface area contributed by atoms with Crippen LogP contribution in [0.2, 0.25) is 0 Å². The Labute approximate surface area is 164 Å². The van der Waals surface area contributed by atoms with Gasteiger partial charge in [-0.3, -0.25) is 14.4 Å². The number of amides is 3. The van der Waals surface area contributed by atoms with Gasteiger partial charge in [-0.15, -0.1) is 0 Å². The Balaban J connectivity index is 1.63. The fourth-order valence-corrected chi connectivity index (χ4v) is 3.11. The van der Waals surface area contributed by atoms with Crippen LogP contribution >= 0.6 is 0 Å². The molecule has 3 aromatic rings. The highest BCUT2D eigenvalue weighted by molar-refractivity contribution is 5.98. The third-order valence-electron chi connectivity index (χ3n) is 4.57. The predicted molar refractivity (Wildman–Crippen MR) is 102 cm³/mol. The smallest absolute Gasteiger partial charge is 0.417 e. The minimum atomic E-state index is -0.762. The molecule has 1 aliphatic rings. The van der Waals surface area contributed by atoms with Crippen molar-refractivity contribution in [2.24, 2.45) is 0 Å². The van der Waals surface area contributed by atoms with Crippen LogP contribution in [0.4, 0.5) is 4.79 Å². The van der Waals surface area contributed by atoms with Crippen LogP contribution < -0.4 is 10.7 Å². The lowest BCUT2D eigenvalue weighted by atomic mass is 10.1. The molecule has 2 heterocycles. The molecule has 0 aliphatic carbocycles. The summed E-state index contributed by atoms with van der Waals surface area (Å²) in [4.78, 5) is 49.7. The molecular formula is C21H16N2O6. The number of nitrogens with one attached hydrogen (secondary N) is 1. The third-order valence-corrected chi connectivity index (χ3v) is 4.57. The number of hydrogen-bond donors (Lipinski definition) is 1. The highest BCUT2D eigenvalue weighted by atomic mass is 16.6. The molecule has 0 radical (unpaired) electrons. The topological polar surface area (TPSA) is 106 Å². The number of fused-ring (bicyclic) bond motifs is 1. The van der Waals surface area contributed by atoms with Gasteiger partial charge in [0.05, 0.1) is 18.0 Å². The average molecular weight is 392 g/mol. The third kappa shape index (κ3) is 3.73. The van der Waals surface area contributed by atoms with E-state index >= 15 is 0 Å². The van der Waals surface area contributed by atoms with Crippen molar-refractivity contribution < 1.29 is 23.5 Å². The number of imide groups is 1. The standard InChI is InChI=1S/C21H16N2O6/c24-16-10-18(29-17-9-5-4-8-14(16)17)20(26)22-15(13-6-2-1-3-7-13)11-23-19(25)12-28-21(23)27/h1-10,15H,11-12H2,(H,22,26)/t15-/m1/s1. The second-order valence-corrected chi connectivity index (χ2v) is 6.47. The van der Waals surface area contributed by atoms with Crippen LogP contribution in [0.1, 0.15) is 22.2 Å². The maximum atomic E-state index is 12.8. The van der Waals surface area contributed by atoms with Crippen molar-refractivity contribution in [3.63, 3.8) is 0 Å². The van der Waals surface area contributed by atoms with Crippen LogP contribution in [0, 0.1) is 0 Å². The molecule has 29 heavy (non-hydrogen) atoms.